The number of imidazole rings is 2. The first kappa shape index (κ1) is 41.7. The van der Waals surface area contributed by atoms with Crippen LogP contribution in [0.15, 0.2) is 63.6 Å². The molecule has 14 nitrogen and oxygen atoms in total. The molecule has 2 saturated carbocycles. The number of anilines is 1. The topological polar surface area (TPSA) is 178 Å². The van der Waals surface area contributed by atoms with E-state index in [-0.39, 0.29) is 42.1 Å². The molecule has 2 atom stereocenters. The van der Waals surface area contributed by atoms with Gasteiger partial charge < -0.3 is 38.6 Å². The molecule has 0 unspecified atom stereocenters. The Morgan fingerprint density at radius 2 is 1.22 bits per heavy atom. The normalized spacial score (nSPS) is 23.5. The number of nitrogens with one attached hydrogen (secondary N) is 1. The van der Waals surface area contributed by atoms with Crippen molar-refractivity contribution in [1.29, 1.82) is 0 Å². The van der Waals surface area contributed by atoms with E-state index in [4.69, 9.17) is 19.0 Å². The van der Waals surface area contributed by atoms with Gasteiger partial charge in [0.15, 0.2) is 11.6 Å². The van der Waals surface area contributed by atoms with Gasteiger partial charge in [0, 0.05) is 47.8 Å². The Morgan fingerprint density at radius 3 is 1.73 bits per heavy atom. The molecule has 11 rings (SSSR count). The lowest BCUT2D eigenvalue weighted by atomic mass is 9.88. The Morgan fingerprint density at radius 1 is 0.672 bits per heavy atom. The summed E-state index contributed by atoms with van der Waals surface area (Å²) in [5.41, 5.74) is 9.44. The molecule has 2 amide bonds. The summed E-state index contributed by atoms with van der Waals surface area (Å²) >= 11 is 0. The summed E-state index contributed by atoms with van der Waals surface area (Å²) < 4.78 is 42.8. The van der Waals surface area contributed by atoms with Crippen molar-refractivity contribution in [2.75, 3.05) is 4.90 Å². The number of aromatic nitrogens is 6. The third-order valence-electron chi connectivity index (χ3n) is 13.5. The first-order valence-electron chi connectivity index (χ1n) is 22.2. The fraction of sp³-hybridized carbons (Fsp3) is 0.417. The van der Waals surface area contributed by atoms with Crippen LogP contribution >= 0.6 is 0 Å². The van der Waals surface area contributed by atoms with Crippen molar-refractivity contribution in [2.45, 2.75) is 128 Å². The number of rotatable bonds is 7. The number of hydrogen-bond acceptors (Lipinski definition) is 10. The number of amides is 2. The van der Waals surface area contributed by atoms with Crippen LogP contribution in [0.2, 0.25) is 0 Å². The summed E-state index contributed by atoms with van der Waals surface area (Å²) in [6.45, 7) is 7.61. The number of carbonyl (C=O) groups excluding carboxylic acids is 2. The zero-order chi connectivity index (χ0) is 44.6. The summed E-state index contributed by atoms with van der Waals surface area (Å²) in [4.78, 5) is 36.6. The molecule has 2 saturated heterocycles. The monoisotopic (exact) mass is 872 g/mol. The van der Waals surface area contributed by atoms with E-state index in [0.29, 0.717) is 50.0 Å². The van der Waals surface area contributed by atoms with Gasteiger partial charge in [-0.3, -0.25) is 9.59 Å². The van der Waals surface area contributed by atoms with E-state index in [0.717, 1.165) is 111 Å². The van der Waals surface area contributed by atoms with Gasteiger partial charge in [0.1, 0.15) is 23.2 Å². The van der Waals surface area contributed by atoms with Crippen molar-refractivity contribution >= 4 is 39.6 Å². The molecule has 0 radical (unpaired) electrons. The average molecular weight is 873 g/mol. The van der Waals surface area contributed by atoms with Crippen LogP contribution in [0.25, 0.3) is 44.3 Å². The van der Waals surface area contributed by atoms with Crippen molar-refractivity contribution < 1.29 is 37.6 Å². The highest BCUT2D eigenvalue weighted by atomic mass is 19.2. The van der Waals surface area contributed by atoms with Crippen LogP contribution in [-0.4, -0.2) is 63.7 Å². The van der Waals surface area contributed by atoms with Crippen LogP contribution in [-0.2, 0) is 9.59 Å². The lowest BCUT2D eigenvalue weighted by Gasteiger charge is -2.39. The summed E-state index contributed by atoms with van der Waals surface area (Å²) in [6.07, 6.45) is 5.99. The minimum atomic E-state index is -0.996. The summed E-state index contributed by atoms with van der Waals surface area (Å²) in [5.74, 6) is 1.08. The van der Waals surface area contributed by atoms with Crippen LogP contribution in [0.1, 0.15) is 123 Å². The third-order valence-corrected chi connectivity index (χ3v) is 13.5. The molecule has 4 aromatic heterocycles. The van der Waals surface area contributed by atoms with Crippen LogP contribution in [0, 0.1) is 39.3 Å². The lowest BCUT2D eigenvalue weighted by Crippen LogP contribution is -2.41. The minimum absolute atomic E-state index is 0.0359. The van der Waals surface area contributed by atoms with Gasteiger partial charge in [0.25, 0.3) is 0 Å². The van der Waals surface area contributed by atoms with Crippen molar-refractivity contribution in [2.24, 2.45) is 0 Å². The smallest absolute Gasteiger partial charge is 0.227 e. The molecule has 64 heavy (non-hydrogen) atoms. The van der Waals surface area contributed by atoms with E-state index < -0.39 is 17.7 Å². The van der Waals surface area contributed by atoms with Crippen LogP contribution < -0.4 is 10.2 Å². The van der Waals surface area contributed by atoms with Gasteiger partial charge in [-0.25, -0.2) is 18.7 Å². The molecule has 6 heterocycles. The number of carbonyl (C=O) groups is 2. The number of fused-ring (bicyclic) bond motifs is 2. The molecule has 3 N–H and O–H groups in total. The molecule has 4 aliphatic rings. The van der Waals surface area contributed by atoms with Gasteiger partial charge in [-0.05, 0) is 127 Å². The van der Waals surface area contributed by atoms with Crippen molar-refractivity contribution in [3.63, 3.8) is 0 Å². The Hall–Kier alpha value is -6.26. The van der Waals surface area contributed by atoms with Gasteiger partial charge in [0.2, 0.25) is 11.8 Å². The van der Waals surface area contributed by atoms with E-state index in [1.54, 1.807) is 4.90 Å². The van der Waals surface area contributed by atoms with Crippen LogP contribution in [0.4, 0.5) is 14.5 Å². The Kier molecular flexibility index (Phi) is 10.7. The maximum atomic E-state index is 14.1. The number of nitrogens with zero attached hydrogens (tertiary/aromatic N) is 7. The summed E-state index contributed by atoms with van der Waals surface area (Å²) in [6, 6.07) is 15.5. The molecule has 7 aromatic rings. The molecule has 16 heteroatoms. The fourth-order valence-corrected chi connectivity index (χ4v) is 10.2. The quantitative estimate of drug-likeness (QED) is 0.140. The Labute approximate surface area is 367 Å². The van der Waals surface area contributed by atoms with Crippen molar-refractivity contribution in [1.82, 2.24) is 34.7 Å². The first-order chi connectivity index (χ1) is 30.8. The van der Waals surface area contributed by atoms with E-state index in [2.05, 4.69) is 43.0 Å². The maximum absolute atomic E-state index is 14.1. The second-order valence-electron chi connectivity index (χ2n) is 17.8. The molecule has 4 fully saturated rings. The number of benzene rings is 3. The van der Waals surface area contributed by atoms with E-state index in [9.17, 15) is 28.6 Å². The molecule has 0 bridgehead atoms. The molecular formula is C48H50F2N8O6. The number of halogens is 2. The number of hydrogen-bond donors (Lipinski definition) is 3. The molecule has 2 aliphatic carbocycles. The highest BCUT2D eigenvalue weighted by Gasteiger charge is 2.39. The largest absolute Gasteiger partial charge is 0.393 e. The van der Waals surface area contributed by atoms with Gasteiger partial charge >= 0.3 is 0 Å². The Bertz CT molecular complexity index is 2900. The zero-order valence-corrected chi connectivity index (χ0v) is 36.1. The number of piperidine rings is 2. The summed E-state index contributed by atoms with van der Waals surface area (Å²) in [7, 11) is 0. The van der Waals surface area contributed by atoms with Gasteiger partial charge in [-0.1, -0.05) is 22.4 Å². The predicted molar refractivity (Wildman–Crippen MR) is 233 cm³/mol. The zero-order valence-electron chi connectivity index (χ0n) is 36.1. The van der Waals surface area contributed by atoms with Crippen LogP contribution in [0.3, 0.4) is 0 Å². The van der Waals surface area contributed by atoms with E-state index in [1.165, 1.54) is 6.07 Å². The molecule has 3 aromatic carbocycles. The highest BCUT2D eigenvalue weighted by Crippen LogP contribution is 2.44. The molecule has 0 spiro atoms. The van der Waals surface area contributed by atoms with Crippen molar-refractivity contribution in [3.8, 4) is 22.3 Å². The van der Waals surface area contributed by atoms with Gasteiger partial charge in [-0.15, -0.1) is 0 Å². The number of aliphatic hydroxyl groups is 2. The highest BCUT2D eigenvalue weighted by molar-refractivity contribution is 5.95. The number of aliphatic hydroxyl groups excluding tert-OH is 2. The fourth-order valence-electron chi connectivity index (χ4n) is 10.2. The van der Waals surface area contributed by atoms with Crippen LogP contribution in [0.5, 0.6) is 0 Å². The SMILES string of the molecule is Cc1noc(C)c1-c1ccc2c(c1)nc([C@@H]1CCCC(=O)N1)n2C1CC(O)C1.Cc1noc(C)c1-c1ccc2c(c1)nc([C@@H]1CCCC(=O)N1c1ccc(F)c(F)c1)n2C1CC(O)C1. The third kappa shape index (κ3) is 7.35. The Balaban J connectivity index is 0.000000156. The molecular weight excluding hydrogens is 823 g/mol. The number of aryl methyl sites for hydroxylation is 4. The maximum Gasteiger partial charge on any atom is 0.227 e. The first-order valence-corrected chi connectivity index (χ1v) is 22.2. The predicted octanol–water partition coefficient (Wildman–Crippen LogP) is 8.89. The lowest BCUT2D eigenvalue weighted by molar-refractivity contribution is -0.123. The molecule has 2 aliphatic heterocycles. The van der Waals surface area contributed by atoms with E-state index in [1.807, 2.05) is 45.9 Å². The summed E-state index contributed by atoms with van der Waals surface area (Å²) in [5, 5.41) is 31.1. The minimum Gasteiger partial charge on any atom is -0.393 e. The average Bonchev–Trinajstić information content (AvgIpc) is 4.01. The van der Waals surface area contributed by atoms with Gasteiger partial charge in [0.05, 0.1) is 57.7 Å². The van der Waals surface area contributed by atoms with Gasteiger partial charge in [-0.2, -0.15) is 0 Å². The standard InChI is InChI=1S/C27H26F2N4O3.C21H24N4O3/c1-14-26(15(2)36-31-14)16-6-9-23-22(10-16)30-27(33(23)18-11-19(34)12-18)24-4-3-5-25(35)32(24)17-7-8-20(28)21(29)13-17;1-11-20(12(2)28-24-11)13-6-7-18-17(8-13)23-21(16-4-3-5-19(27)22-16)25(18)14-9-15(26)10-14/h6-10,13,18-19,24,34H,3-5,11-12H2,1-2H3;6-8,14-16,26H,3-5,9-10H2,1-2H3,(H,22,27)/t18?,19?,24-;14?,15?,16-/m00/s1. The van der Waals surface area contributed by atoms with Crippen molar-refractivity contribution in [3.05, 3.63) is 101 Å². The van der Waals surface area contributed by atoms with E-state index >= 15 is 0 Å². The molecule has 332 valence electrons. The second kappa shape index (κ2) is 16.4. The second-order valence-corrected chi connectivity index (χ2v) is 17.8.